The van der Waals surface area contributed by atoms with Gasteiger partial charge in [0.25, 0.3) is 5.91 Å². The molecule has 3 rings (SSSR count). The molecule has 2 heterocycles. The smallest absolute Gasteiger partial charge is 0.286 e. The Hall–Kier alpha value is -1.30. The molecule has 0 aromatic heterocycles. The van der Waals surface area contributed by atoms with E-state index in [9.17, 15) is 4.79 Å². The number of amides is 1. The highest BCUT2D eigenvalue weighted by Gasteiger charge is 2.26. The van der Waals surface area contributed by atoms with Crippen LogP contribution in [0.25, 0.3) is 6.08 Å². The summed E-state index contributed by atoms with van der Waals surface area (Å²) in [5.41, 5.74) is 0.948. The first-order valence-corrected chi connectivity index (χ1v) is 7.53. The average Bonchev–Trinajstić information content (AvgIpc) is 2.84. The lowest BCUT2D eigenvalue weighted by molar-refractivity contribution is -0.113. The summed E-state index contributed by atoms with van der Waals surface area (Å²) >= 11 is 7.27. The molecule has 0 bridgehead atoms. The molecule has 1 fully saturated rings. The van der Waals surface area contributed by atoms with Crippen LogP contribution in [0.15, 0.2) is 34.2 Å². The van der Waals surface area contributed by atoms with Crippen LogP contribution in [0.4, 0.5) is 0 Å². The van der Waals surface area contributed by atoms with Gasteiger partial charge in [0.1, 0.15) is 0 Å². The first kappa shape index (κ1) is 13.7. The molecule has 1 saturated heterocycles. The van der Waals surface area contributed by atoms with Crippen LogP contribution in [0, 0.1) is 0 Å². The van der Waals surface area contributed by atoms with Gasteiger partial charge in [0, 0.05) is 18.1 Å². The van der Waals surface area contributed by atoms with Crippen LogP contribution in [-0.4, -0.2) is 42.3 Å². The minimum Gasteiger partial charge on any atom is -0.378 e. The largest absolute Gasteiger partial charge is 0.378 e. The van der Waals surface area contributed by atoms with E-state index in [2.05, 4.69) is 9.89 Å². The average molecular weight is 309 g/mol. The number of nitrogens with zero attached hydrogens (tertiary/aromatic N) is 2. The Labute approximate surface area is 126 Å². The van der Waals surface area contributed by atoms with Gasteiger partial charge in [-0.05, 0) is 35.5 Å². The molecule has 0 spiro atoms. The molecule has 2 aliphatic heterocycles. The maximum Gasteiger partial charge on any atom is 0.286 e. The number of ether oxygens (including phenoxy) is 1. The quantitative estimate of drug-likeness (QED) is 0.748. The highest BCUT2D eigenvalue weighted by Crippen LogP contribution is 2.30. The molecule has 0 unspecified atom stereocenters. The zero-order valence-electron chi connectivity index (χ0n) is 10.7. The van der Waals surface area contributed by atoms with E-state index in [4.69, 9.17) is 16.3 Å². The van der Waals surface area contributed by atoms with Crippen molar-refractivity contribution in [2.75, 3.05) is 26.3 Å². The molecule has 1 aromatic rings. The minimum absolute atomic E-state index is 0.175. The highest BCUT2D eigenvalue weighted by atomic mass is 35.5. The van der Waals surface area contributed by atoms with Crippen molar-refractivity contribution in [1.82, 2.24) is 4.90 Å². The van der Waals surface area contributed by atoms with Crippen LogP contribution >= 0.6 is 23.4 Å². The van der Waals surface area contributed by atoms with Gasteiger partial charge in [-0.25, -0.2) is 0 Å². The summed E-state index contributed by atoms with van der Waals surface area (Å²) in [7, 11) is 0. The molecule has 4 nitrogen and oxygen atoms in total. The first-order valence-electron chi connectivity index (χ1n) is 6.33. The number of carbonyl (C=O) groups is 1. The topological polar surface area (TPSA) is 41.9 Å². The van der Waals surface area contributed by atoms with Crippen LogP contribution in [0.3, 0.4) is 0 Å². The highest BCUT2D eigenvalue weighted by molar-refractivity contribution is 8.18. The summed E-state index contributed by atoms with van der Waals surface area (Å²) in [4.78, 5) is 18.8. The molecule has 0 aliphatic carbocycles. The number of morpholine rings is 1. The van der Waals surface area contributed by atoms with Crippen molar-refractivity contribution in [3.05, 3.63) is 39.8 Å². The third kappa shape index (κ3) is 3.06. The lowest BCUT2D eigenvalue weighted by atomic mass is 10.2. The van der Waals surface area contributed by atoms with Gasteiger partial charge in [0.2, 0.25) is 0 Å². The van der Waals surface area contributed by atoms with Crippen molar-refractivity contribution < 1.29 is 9.53 Å². The molecule has 1 aromatic carbocycles. The Morgan fingerprint density at radius 3 is 2.65 bits per heavy atom. The van der Waals surface area contributed by atoms with Gasteiger partial charge >= 0.3 is 0 Å². The van der Waals surface area contributed by atoms with Gasteiger partial charge in [0.05, 0.1) is 18.1 Å². The van der Waals surface area contributed by atoms with Gasteiger partial charge in [0.15, 0.2) is 5.17 Å². The Kier molecular flexibility index (Phi) is 4.10. The second-order valence-electron chi connectivity index (χ2n) is 4.46. The van der Waals surface area contributed by atoms with Gasteiger partial charge in [-0.15, -0.1) is 0 Å². The normalized spacial score (nSPS) is 21.4. The third-order valence-electron chi connectivity index (χ3n) is 3.06. The van der Waals surface area contributed by atoms with E-state index in [-0.39, 0.29) is 5.91 Å². The molecular weight excluding hydrogens is 296 g/mol. The summed E-state index contributed by atoms with van der Waals surface area (Å²) in [5, 5.41) is 1.46. The predicted octanol–water partition coefficient (Wildman–Crippen LogP) is 2.64. The van der Waals surface area contributed by atoms with E-state index in [1.165, 1.54) is 11.8 Å². The molecule has 104 valence electrons. The predicted molar refractivity (Wildman–Crippen MR) is 81.9 cm³/mol. The molecule has 6 heteroatoms. The fourth-order valence-electron chi connectivity index (χ4n) is 2.00. The second kappa shape index (κ2) is 5.99. The van der Waals surface area contributed by atoms with Crippen molar-refractivity contribution in [3.8, 4) is 0 Å². The van der Waals surface area contributed by atoms with Gasteiger partial charge in [-0.2, -0.15) is 4.99 Å². The van der Waals surface area contributed by atoms with Crippen molar-refractivity contribution in [3.63, 3.8) is 0 Å². The SMILES string of the molecule is O=C1N=C(N2CCOCC2)SC1=Cc1ccc(Cl)cc1. The summed E-state index contributed by atoms with van der Waals surface area (Å²) in [5.74, 6) is -0.175. The number of hydrogen-bond acceptors (Lipinski definition) is 4. The maximum absolute atomic E-state index is 11.9. The lowest BCUT2D eigenvalue weighted by Gasteiger charge is -2.27. The number of thioether (sulfide) groups is 1. The molecule has 0 saturated carbocycles. The molecule has 1 amide bonds. The zero-order valence-corrected chi connectivity index (χ0v) is 12.3. The second-order valence-corrected chi connectivity index (χ2v) is 5.91. The molecule has 0 N–H and O–H groups in total. The summed E-state index contributed by atoms with van der Waals surface area (Å²) in [6.07, 6.45) is 1.85. The number of halogens is 1. The summed E-state index contributed by atoms with van der Waals surface area (Å²) in [6, 6.07) is 7.38. The van der Waals surface area contributed by atoms with E-state index < -0.39 is 0 Å². The van der Waals surface area contributed by atoms with Crippen LogP contribution < -0.4 is 0 Å². The van der Waals surface area contributed by atoms with E-state index in [0.29, 0.717) is 23.1 Å². The summed E-state index contributed by atoms with van der Waals surface area (Å²) < 4.78 is 5.30. The van der Waals surface area contributed by atoms with Gasteiger partial charge < -0.3 is 9.64 Å². The van der Waals surface area contributed by atoms with E-state index >= 15 is 0 Å². The first-order chi connectivity index (χ1) is 9.72. The van der Waals surface area contributed by atoms with E-state index in [1.54, 1.807) is 0 Å². The summed E-state index contributed by atoms with van der Waals surface area (Å²) in [6.45, 7) is 2.94. The zero-order chi connectivity index (χ0) is 13.9. The number of hydrogen-bond donors (Lipinski definition) is 0. The number of benzene rings is 1. The van der Waals surface area contributed by atoms with Crippen LogP contribution in [-0.2, 0) is 9.53 Å². The van der Waals surface area contributed by atoms with Crippen LogP contribution in [0.5, 0.6) is 0 Å². The molecule has 2 aliphatic rings. The molecule has 0 radical (unpaired) electrons. The van der Waals surface area contributed by atoms with Crippen molar-refractivity contribution >= 4 is 40.5 Å². The third-order valence-corrected chi connectivity index (χ3v) is 4.36. The molecule has 0 atom stereocenters. The fourth-order valence-corrected chi connectivity index (χ4v) is 3.09. The Bertz CT molecular complexity index is 577. The van der Waals surface area contributed by atoms with Crippen molar-refractivity contribution in [2.45, 2.75) is 0 Å². The molecular formula is C14H13ClN2O2S. The monoisotopic (exact) mass is 308 g/mol. The van der Waals surface area contributed by atoms with Gasteiger partial charge in [-0.1, -0.05) is 23.7 Å². The lowest BCUT2D eigenvalue weighted by Crippen LogP contribution is -2.38. The van der Waals surface area contributed by atoms with E-state index in [1.807, 2.05) is 30.3 Å². The van der Waals surface area contributed by atoms with Gasteiger partial charge in [-0.3, -0.25) is 4.79 Å². The van der Waals surface area contributed by atoms with Crippen molar-refractivity contribution in [1.29, 1.82) is 0 Å². The van der Waals surface area contributed by atoms with Crippen LogP contribution in [0.2, 0.25) is 5.02 Å². The van der Waals surface area contributed by atoms with Crippen LogP contribution in [0.1, 0.15) is 5.56 Å². The number of amidine groups is 1. The Morgan fingerprint density at radius 2 is 1.95 bits per heavy atom. The minimum atomic E-state index is -0.175. The number of aliphatic imine (C=N–C) groups is 1. The number of rotatable bonds is 1. The number of carbonyl (C=O) groups excluding carboxylic acids is 1. The maximum atomic E-state index is 11.9. The Balaban J connectivity index is 1.74. The van der Waals surface area contributed by atoms with E-state index in [0.717, 1.165) is 23.8 Å². The standard InChI is InChI=1S/C14H13ClN2O2S/c15-11-3-1-10(2-4-11)9-12-13(18)16-14(20-12)17-5-7-19-8-6-17/h1-4,9H,5-8H2. The molecule has 20 heavy (non-hydrogen) atoms. The Morgan fingerprint density at radius 1 is 1.25 bits per heavy atom. The fraction of sp³-hybridized carbons (Fsp3) is 0.286. The van der Waals surface area contributed by atoms with Crippen molar-refractivity contribution in [2.24, 2.45) is 4.99 Å².